The summed E-state index contributed by atoms with van der Waals surface area (Å²) >= 11 is 0. The van der Waals surface area contributed by atoms with Gasteiger partial charge in [-0.15, -0.1) is 0 Å². The molecule has 2 heterocycles. The van der Waals surface area contributed by atoms with E-state index in [4.69, 9.17) is 0 Å². The number of carbonyl (C=O) groups is 1. The van der Waals surface area contributed by atoms with Crippen LogP contribution in [0.1, 0.15) is 71.3 Å². The summed E-state index contributed by atoms with van der Waals surface area (Å²) in [7, 11) is 0. The first-order valence-electron chi connectivity index (χ1n) is 12.7. The summed E-state index contributed by atoms with van der Waals surface area (Å²) in [5, 5.41) is 19.8. The van der Waals surface area contributed by atoms with Gasteiger partial charge in [-0.05, 0) is 66.3 Å². The molecule has 1 aromatic heterocycles. The molecular formula is C29H36N4O2. The predicted octanol–water partition coefficient (Wildman–Crippen LogP) is 5.81. The van der Waals surface area contributed by atoms with Crippen molar-refractivity contribution in [2.75, 3.05) is 23.7 Å². The van der Waals surface area contributed by atoms with Gasteiger partial charge in [-0.3, -0.25) is 4.98 Å². The number of nitrogens with one attached hydrogen (secondary N) is 3. The Balaban J connectivity index is 1.33. The molecule has 1 atom stereocenters. The number of anilines is 2. The van der Waals surface area contributed by atoms with Crippen LogP contribution in [0.2, 0.25) is 0 Å². The molecule has 0 bridgehead atoms. The Morgan fingerprint density at radius 1 is 1.06 bits per heavy atom. The summed E-state index contributed by atoms with van der Waals surface area (Å²) < 4.78 is 0. The Bertz CT molecular complexity index is 1110. The fraction of sp³-hybridized carbons (Fsp3) is 0.379. The maximum Gasteiger partial charge on any atom is 0.337 e. The monoisotopic (exact) mass is 472 g/mol. The van der Waals surface area contributed by atoms with Crippen molar-refractivity contribution in [3.05, 3.63) is 88.7 Å². The van der Waals surface area contributed by atoms with Gasteiger partial charge in [0.1, 0.15) is 0 Å². The van der Waals surface area contributed by atoms with Crippen LogP contribution in [0.25, 0.3) is 0 Å². The molecule has 3 aromatic rings. The Hall–Kier alpha value is -3.38. The molecule has 0 saturated heterocycles. The van der Waals surface area contributed by atoms with Crippen molar-refractivity contribution in [3.8, 4) is 0 Å². The zero-order valence-electron chi connectivity index (χ0n) is 20.5. The van der Waals surface area contributed by atoms with Crippen LogP contribution in [0.3, 0.4) is 0 Å². The third kappa shape index (κ3) is 6.83. The molecule has 4 rings (SSSR count). The molecule has 35 heavy (non-hydrogen) atoms. The number of nitrogens with zero attached hydrogens (tertiary/aromatic N) is 1. The second-order valence-electron chi connectivity index (χ2n) is 9.26. The molecule has 1 aliphatic heterocycles. The van der Waals surface area contributed by atoms with Crippen molar-refractivity contribution in [2.45, 2.75) is 58.0 Å². The van der Waals surface area contributed by atoms with E-state index in [1.54, 1.807) is 6.20 Å². The lowest BCUT2D eigenvalue weighted by Crippen LogP contribution is -2.34. The summed E-state index contributed by atoms with van der Waals surface area (Å²) in [6.07, 6.45) is 10.4. The summed E-state index contributed by atoms with van der Waals surface area (Å²) in [6, 6.07) is 17.2. The highest BCUT2D eigenvalue weighted by Gasteiger charge is 2.20. The highest BCUT2D eigenvalue weighted by Crippen LogP contribution is 2.27. The van der Waals surface area contributed by atoms with E-state index in [1.807, 2.05) is 0 Å². The molecule has 1 aliphatic rings. The van der Waals surface area contributed by atoms with Gasteiger partial charge in [0.25, 0.3) is 0 Å². The third-order valence-electron chi connectivity index (χ3n) is 6.69. The number of fused-ring (bicyclic) bond motifs is 1. The number of carboxylic acid groups (broad SMARTS) is 1. The highest BCUT2D eigenvalue weighted by molar-refractivity contribution is 5.93. The summed E-state index contributed by atoms with van der Waals surface area (Å²) in [6.45, 7) is 4.54. The number of carboxylic acids is 1. The Morgan fingerprint density at radius 3 is 2.69 bits per heavy atom. The van der Waals surface area contributed by atoms with Gasteiger partial charge in [-0.25, -0.2) is 4.79 Å². The van der Waals surface area contributed by atoms with Crippen LogP contribution in [0.4, 0.5) is 11.4 Å². The number of aryl methyl sites for hydroxylation is 1. The van der Waals surface area contributed by atoms with E-state index in [1.165, 1.54) is 66.6 Å². The molecule has 0 fully saturated rings. The quantitative estimate of drug-likeness (QED) is 0.249. The normalized spacial score (nSPS) is 14.8. The fourth-order valence-electron chi connectivity index (χ4n) is 4.66. The zero-order chi connectivity index (χ0) is 24.5. The molecule has 0 unspecified atom stereocenters. The van der Waals surface area contributed by atoms with Gasteiger partial charge in [0.05, 0.1) is 17.4 Å². The first-order valence-corrected chi connectivity index (χ1v) is 12.7. The molecule has 4 N–H and O–H groups in total. The van der Waals surface area contributed by atoms with Crippen LogP contribution in [-0.2, 0) is 19.4 Å². The Kier molecular flexibility index (Phi) is 8.74. The summed E-state index contributed by atoms with van der Waals surface area (Å²) in [4.78, 5) is 15.5. The predicted molar refractivity (Wildman–Crippen MR) is 142 cm³/mol. The molecule has 0 aliphatic carbocycles. The van der Waals surface area contributed by atoms with E-state index < -0.39 is 5.97 Å². The van der Waals surface area contributed by atoms with E-state index >= 15 is 0 Å². The minimum absolute atomic E-state index is 0.111. The zero-order valence-corrected chi connectivity index (χ0v) is 20.5. The van der Waals surface area contributed by atoms with Gasteiger partial charge >= 0.3 is 5.97 Å². The standard InChI is InChI=1S/C29H36N4O2/c1-2-3-4-5-6-21-7-9-22(10-8-21)18-32-24-11-12-25-23(17-24)13-16-31-28(25)20-33-27-19-30-15-14-26(27)29(34)35/h7-12,14-15,17,19,28,31-33H,2-6,13,16,18,20H2,1H3,(H,34,35)/t28-/m1/s1. The molecule has 6 nitrogen and oxygen atoms in total. The largest absolute Gasteiger partial charge is 0.478 e. The van der Waals surface area contributed by atoms with Gasteiger partial charge in [-0.2, -0.15) is 0 Å². The lowest BCUT2D eigenvalue weighted by molar-refractivity contribution is 0.0697. The lowest BCUT2D eigenvalue weighted by atomic mass is 9.93. The van der Waals surface area contributed by atoms with Crippen molar-refractivity contribution in [2.24, 2.45) is 0 Å². The van der Waals surface area contributed by atoms with Gasteiger partial charge in [0, 0.05) is 31.0 Å². The van der Waals surface area contributed by atoms with Crippen molar-refractivity contribution in [1.82, 2.24) is 10.3 Å². The maximum atomic E-state index is 11.5. The van der Waals surface area contributed by atoms with Crippen LogP contribution in [0.5, 0.6) is 0 Å². The molecule has 0 radical (unpaired) electrons. The number of aromatic nitrogens is 1. The number of pyridine rings is 1. The van der Waals surface area contributed by atoms with Crippen molar-refractivity contribution in [3.63, 3.8) is 0 Å². The van der Waals surface area contributed by atoms with Crippen molar-refractivity contribution in [1.29, 1.82) is 0 Å². The van der Waals surface area contributed by atoms with E-state index in [0.717, 1.165) is 25.2 Å². The molecular weight excluding hydrogens is 436 g/mol. The Labute approximate surface area is 208 Å². The number of aromatic carboxylic acids is 1. The maximum absolute atomic E-state index is 11.5. The van der Waals surface area contributed by atoms with E-state index in [-0.39, 0.29) is 11.6 Å². The second-order valence-corrected chi connectivity index (χ2v) is 9.26. The number of unbranched alkanes of at least 4 members (excludes halogenated alkanes) is 3. The molecule has 6 heteroatoms. The highest BCUT2D eigenvalue weighted by atomic mass is 16.4. The molecule has 0 amide bonds. The first-order chi connectivity index (χ1) is 17.1. The van der Waals surface area contributed by atoms with Gasteiger partial charge in [-0.1, -0.05) is 56.5 Å². The lowest BCUT2D eigenvalue weighted by Gasteiger charge is -2.28. The summed E-state index contributed by atoms with van der Waals surface area (Å²) in [5.74, 6) is -0.954. The SMILES string of the molecule is CCCCCCc1ccc(CNc2ccc3c(c2)CCN[C@@H]3CNc2cnccc2C(=O)O)cc1. The van der Waals surface area contributed by atoms with E-state index in [2.05, 4.69) is 70.3 Å². The van der Waals surface area contributed by atoms with Crippen molar-refractivity contribution >= 4 is 17.3 Å². The van der Waals surface area contributed by atoms with Crippen LogP contribution < -0.4 is 16.0 Å². The molecule has 0 saturated carbocycles. The topological polar surface area (TPSA) is 86.3 Å². The third-order valence-corrected chi connectivity index (χ3v) is 6.69. The van der Waals surface area contributed by atoms with Crippen LogP contribution in [-0.4, -0.2) is 29.1 Å². The molecule has 2 aromatic carbocycles. The summed E-state index contributed by atoms with van der Waals surface area (Å²) in [5.41, 5.74) is 7.19. The molecule has 184 valence electrons. The Morgan fingerprint density at radius 2 is 1.89 bits per heavy atom. The molecule has 0 spiro atoms. The van der Waals surface area contributed by atoms with E-state index in [0.29, 0.717) is 12.2 Å². The number of benzene rings is 2. The minimum atomic E-state index is -0.954. The average Bonchev–Trinajstić information content (AvgIpc) is 2.89. The number of rotatable bonds is 12. The van der Waals surface area contributed by atoms with Gasteiger partial charge in [0.2, 0.25) is 0 Å². The van der Waals surface area contributed by atoms with Gasteiger partial charge < -0.3 is 21.1 Å². The van der Waals surface area contributed by atoms with Crippen LogP contribution >= 0.6 is 0 Å². The number of hydrogen-bond acceptors (Lipinski definition) is 5. The van der Waals surface area contributed by atoms with Crippen LogP contribution in [0.15, 0.2) is 60.9 Å². The number of hydrogen-bond donors (Lipinski definition) is 4. The second kappa shape index (κ2) is 12.4. The van der Waals surface area contributed by atoms with Crippen LogP contribution in [0, 0.1) is 0 Å². The smallest absolute Gasteiger partial charge is 0.337 e. The fourth-order valence-corrected chi connectivity index (χ4v) is 4.66. The average molecular weight is 473 g/mol. The van der Waals surface area contributed by atoms with Crippen molar-refractivity contribution < 1.29 is 9.90 Å². The van der Waals surface area contributed by atoms with Gasteiger partial charge in [0.15, 0.2) is 0 Å². The first kappa shape index (κ1) is 24.7. The van der Waals surface area contributed by atoms with E-state index in [9.17, 15) is 9.90 Å². The minimum Gasteiger partial charge on any atom is -0.478 e.